The fourth-order valence-corrected chi connectivity index (χ4v) is 5.12. The quantitative estimate of drug-likeness (QED) is 0.330. The number of fused-ring (bicyclic) bond motifs is 2. The summed E-state index contributed by atoms with van der Waals surface area (Å²) in [6.07, 6.45) is 6.27. The molecule has 35 heavy (non-hydrogen) atoms. The summed E-state index contributed by atoms with van der Waals surface area (Å²) in [5, 5.41) is 8.65. The summed E-state index contributed by atoms with van der Waals surface area (Å²) >= 11 is 0. The SMILES string of the molecule is O=C(N/N=C\[C@H]1C(=O)NC(=O)N([C@@H]2C[C@H]3CC[C@H]2C3)C1=O)c1ccc(NC(=O)c2ccco2)cc1. The van der Waals surface area contributed by atoms with Crippen LogP contribution in [0.5, 0.6) is 0 Å². The molecule has 180 valence electrons. The fourth-order valence-electron chi connectivity index (χ4n) is 5.12. The van der Waals surface area contributed by atoms with Gasteiger partial charge in [-0.15, -0.1) is 0 Å². The predicted molar refractivity (Wildman–Crippen MR) is 122 cm³/mol. The zero-order valence-electron chi connectivity index (χ0n) is 18.6. The summed E-state index contributed by atoms with van der Waals surface area (Å²) in [7, 11) is 0. The van der Waals surface area contributed by atoms with Crippen LogP contribution in [0.25, 0.3) is 0 Å². The molecule has 5 rings (SSSR count). The van der Waals surface area contributed by atoms with Gasteiger partial charge in [-0.3, -0.25) is 29.4 Å². The Morgan fingerprint density at radius 2 is 1.86 bits per heavy atom. The molecule has 6 amide bonds. The third kappa shape index (κ3) is 4.44. The Bertz CT molecular complexity index is 1210. The number of hydrogen-bond donors (Lipinski definition) is 3. The summed E-state index contributed by atoms with van der Waals surface area (Å²) in [4.78, 5) is 63.2. The first-order chi connectivity index (χ1) is 16.9. The van der Waals surface area contributed by atoms with Crippen molar-refractivity contribution in [3.8, 4) is 0 Å². The van der Waals surface area contributed by atoms with Crippen molar-refractivity contribution in [3.63, 3.8) is 0 Å². The van der Waals surface area contributed by atoms with E-state index in [9.17, 15) is 24.0 Å². The summed E-state index contributed by atoms with van der Waals surface area (Å²) in [6, 6.07) is 8.28. The maximum Gasteiger partial charge on any atom is 0.331 e. The number of hydrazone groups is 1. The second kappa shape index (κ2) is 9.16. The molecule has 2 heterocycles. The van der Waals surface area contributed by atoms with E-state index in [1.807, 2.05) is 0 Å². The minimum atomic E-state index is -1.30. The summed E-state index contributed by atoms with van der Waals surface area (Å²) < 4.78 is 5.03. The van der Waals surface area contributed by atoms with Crippen molar-refractivity contribution in [1.29, 1.82) is 0 Å². The molecule has 3 N–H and O–H groups in total. The lowest BCUT2D eigenvalue weighted by Gasteiger charge is -2.36. The number of imide groups is 2. The lowest BCUT2D eigenvalue weighted by atomic mass is 9.92. The highest BCUT2D eigenvalue weighted by Gasteiger charge is 2.50. The zero-order chi connectivity index (χ0) is 24.5. The largest absolute Gasteiger partial charge is 0.459 e. The molecule has 2 saturated carbocycles. The molecule has 2 aliphatic carbocycles. The van der Waals surface area contributed by atoms with Crippen LogP contribution in [-0.4, -0.2) is 46.8 Å². The molecule has 1 aromatic heterocycles. The molecule has 3 aliphatic rings. The molecule has 2 aromatic rings. The van der Waals surface area contributed by atoms with Crippen molar-refractivity contribution >= 4 is 41.6 Å². The van der Waals surface area contributed by atoms with Crippen molar-refractivity contribution < 1.29 is 28.4 Å². The van der Waals surface area contributed by atoms with Gasteiger partial charge in [0.2, 0.25) is 11.8 Å². The Morgan fingerprint density at radius 3 is 2.51 bits per heavy atom. The van der Waals surface area contributed by atoms with Crippen molar-refractivity contribution in [2.24, 2.45) is 22.9 Å². The Hall–Kier alpha value is -4.28. The number of nitrogens with one attached hydrogen (secondary N) is 3. The van der Waals surface area contributed by atoms with E-state index in [1.165, 1.54) is 41.5 Å². The van der Waals surface area contributed by atoms with Gasteiger partial charge in [0.15, 0.2) is 11.7 Å². The van der Waals surface area contributed by atoms with Gasteiger partial charge in [0.25, 0.3) is 11.8 Å². The monoisotopic (exact) mass is 477 g/mol. The minimum Gasteiger partial charge on any atom is -0.459 e. The van der Waals surface area contributed by atoms with Gasteiger partial charge in [0.1, 0.15) is 0 Å². The summed E-state index contributed by atoms with van der Waals surface area (Å²) in [6.45, 7) is 0. The van der Waals surface area contributed by atoms with Gasteiger partial charge in [0, 0.05) is 23.5 Å². The average Bonchev–Trinajstić information content (AvgIpc) is 3.60. The van der Waals surface area contributed by atoms with Crippen LogP contribution in [0.2, 0.25) is 0 Å². The number of furan rings is 1. The first kappa shape index (κ1) is 22.5. The van der Waals surface area contributed by atoms with E-state index in [-0.39, 0.29) is 23.3 Å². The average molecular weight is 477 g/mol. The molecule has 1 aliphatic heterocycles. The molecule has 0 radical (unpaired) electrons. The number of carbonyl (C=O) groups is 5. The molecule has 1 aromatic carbocycles. The van der Waals surface area contributed by atoms with E-state index in [2.05, 4.69) is 21.2 Å². The lowest BCUT2D eigenvalue weighted by molar-refractivity contribution is -0.141. The van der Waals surface area contributed by atoms with E-state index in [0.29, 0.717) is 11.6 Å². The molecule has 11 heteroatoms. The Kier molecular flexibility index (Phi) is 5.89. The van der Waals surface area contributed by atoms with Gasteiger partial charge in [-0.25, -0.2) is 10.2 Å². The van der Waals surface area contributed by atoms with Gasteiger partial charge in [-0.05, 0) is 67.5 Å². The van der Waals surface area contributed by atoms with Gasteiger partial charge < -0.3 is 9.73 Å². The normalized spacial score (nSPS) is 25.7. The van der Waals surface area contributed by atoms with Crippen molar-refractivity contribution in [2.45, 2.75) is 31.7 Å². The highest BCUT2D eigenvalue weighted by Crippen LogP contribution is 2.47. The molecule has 1 saturated heterocycles. The van der Waals surface area contributed by atoms with Gasteiger partial charge >= 0.3 is 6.03 Å². The smallest absolute Gasteiger partial charge is 0.331 e. The van der Waals surface area contributed by atoms with Crippen molar-refractivity contribution in [3.05, 3.63) is 54.0 Å². The van der Waals surface area contributed by atoms with Gasteiger partial charge in [-0.2, -0.15) is 5.10 Å². The van der Waals surface area contributed by atoms with E-state index < -0.39 is 35.6 Å². The molecule has 3 fully saturated rings. The number of amides is 6. The number of urea groups is 1. The highest BCUT2D eigenvalue weighted by atomic mass is 16.3. The Balaban J connectivity index is 1.19. The Labute approximate surface area is 199 Å². The van der Waals surface area contributed by atoms with Gasteiger partial charge in [-0.1, -0.05) is 6.42 Å². The van der Waals surface area contributed by atoms with E-state index in [1.54, 1.807) is 6.07 Å². The first-order valence-electron chi connectivity index (χ1n) is 11.4. The van der Waals surface area contributed by atoms with E-state index in [4.69, 9.17) is 4.42 Å². The molecular formula is C24H23N5O6. The van der Waals surface area contributed by atoms with Crippen LogP contribution in [0.3, 0.4) is 0 Å². The molecular weight excluding hydrogens is 454 g/mol. The first-order valence-corrected chi connectivity index (χ1v) is 11.4. The number of benzene rings is 1. The van der Waals surface area contributed by atoms with Crippen LogP contribution in [0.1, 0.15) is 46.6 Å². The maximum atomic E-state index is 13.0. The fraction of sp³-hybridized carbons (Fsp3) is 0.333. The predicted octanol–water partition coefficient (Wildman–Crippen LogP) is 2.13. The van der Waals surface area contributed by atoms with E-state index >= 15 is 0 Å². The minimum absolute atomic E-state index is 0.156. The van der Waals surface area contributed by atoms with Crippen LogP contribution in [0, 0.1) is 17.8 Å². The highest BCUT2D eigenvalue weighted by molar-refractivity contribution is 6.23. The zero-order valence-corrected chi connectivity index (χ0v) is 18.6. The summed E-state index contributed by atoms with van der Waals surface area (Å²) in [5.41, 5.74) is 2.99. The van der Waals surface area contributed by atoms with Crippen molar-refractivity contribution in [1.82, 2.24) is 15.6 Å². The van der Waals surface area contributed by atoms with Crippen LogP contribution < -0.4 is 16.1 Å². The van der Waals surface area contributed by atoms with Crippen LogP contribution in [0.15, 0.2) is 52.2 Å². The number of rotatable bonds is 6. The third-order valence-corrected chi connectivity index (χ3v) is 6.81. The second-order valence-corrected chi connectivity index (χ2v) is 8.95. The second-order valence-electron chi connectivity index (χ2n) is 8.95. The van der Waals surface area contributed by atoms with Crippen LogP contribution >= 0.6 is 0 Å². The van der Waals surface area contributed by atoms with Gasteiger partial charge in [0.05, 0.1) is 6.26 Å². The molecule has 4 atom stereocenters. The lowest BCUT2D eigenvalue weighted by Crippen LogP contribution is -2.62. The summed E-state index contributed by atoms with van der Waals surface area (Å²) in [5.74, 6) is -2.75. The number of carbonyl (C=O) groups excluding carboxylic acids is 5. The number of barbiturate groups is 1. The molecule has 2 bridgehead atoms. The van der Waals surface area contributed by atoms with Crippen molar-refractivity contribution in [2.75, 3.05) is 5.32 Å². The number of nitrogens with zero attached hydrogens (tertiary/aromatic N) is 2. The molecule has 0 unspecified atom stereocenters. The standard InChI is InChI=1S/C24H23N5O6/c30-20(14-5-7-16(8-6-14)26-22(32)19-2-1-9-35-19)28-25-12-17-21(31)27-24(34)29(23(17)33)18-11-13-3-4-15(18)10-13/h1-2,5-9,12-13,15,17-18H,3-4,10-11H2,(H,26,32)(H,28,30)(H,27,31,34)/b25-12-/t13-,15-,17-,18+/m0/s1. The maximum absolute atomic E-state index is 13.0. The number of anilines is 1. The third-order valence-electron chi connectivity index (χ3n) is 6.81. The topological polar surface area (TPSA) is 150 Å². The van der Waals surface area contributed by atoms with E-state index in [0.717, 1.165) is 31.9 Å². The Morgan fingerprint density at radius 1 is 1.06 bits per heavy atom. The van der Waals surface area contributed by atoms with Crippen LogP contribution in [-0.2, 0) is 9.59 Å². The number of hydrogen-bond acceptors (Lipinski definition) is 7. The molecule has 0 spiro atoms. The molecule has 11 nitrogen and oxygen atoms in total. The van der Waals surface area contributed by atoms with Crippen LogP contribution in [0.4, 0.5) is 10.5 Å².